The van der Waals surface area contributed by atoms with Crippen molar-refractivity contribution < 1.29 is 27.9 Å². The van der Waals surface area contributed by atoms with Crippen LogP contribution in [-0.4, -0.2) is 55.7 Å². The number of piperidine rings is 1. The highest BCUT2D eigenvalue weighted by atomic mass is 32.2. The van der Waals surface area contributed by atoms with Crippen molar-refractivity contribution in [3.8, 4) is 0 Å². The molecule has 1 fully saturated rings. The predicted molar refractivity (Wildman–Crippen MR) is 76.2 cm³/mol. The first-order valence-electron chi connectivity index (χ1n) is 7.05. The molecular weight excluding hydrogens is 298 g/mol. The second kappa shape index (κ2) is 7.22. The second-order valence-electron chi connectivity index (χ2n) is 5.33. The SMILES string of the molecule is CCC1(C(=O)O)CCN(S(=O)(=O)CCCC(=O)OC)CC1. The number of hydrogen-bond donors (Lipinski definition) is 1. The smallest absolute Gasteiger partial charge is 0.309 e. The average Bonchev–Trinajstić information content (AvgIpc) is 2.46. The van der Waals surface area contributed by atoms with Crippen molar-refractivity contribution in [2.45, 2.75) is 39.0 Å². The van der Waals surface area contributed by atoms with E-state index < -0.39 is 27.4 Å². The van der Waals surface area contributed by atoms with Gasteiger partial charge >= 0.3 is 11.9 Å². The number of aliphatic carboxylic acids is 1. The Morgan fingerprint density at radius 3 is 2.29 bits per heavy atom. The van der Waals surface area contributed by atoms with E-state index in [4.69, 9.17) is 0 Å². The van der Waals surface area contributed by atoms with Crippen molar-refractivity contribution >= 4 is 22.0 Å². The molecule has 0 aliphatic carbocycles. The van der Waals surface area contributed by atoms with E-state index in [9.17, 15) is 23.1 Å². The summed E-state index contributed by atoms with van der Waals surface area (Å²) in [5.74, 6) is -1.40. The van der Waals surface area contributed by atoms with Crippen molar-refractivity contribution in [2.75, 3.05) is 26.0 Å². The summed E-state index contributed by atoms with van der Waals surface area (Å²) < 4.78 is 30.1. The van der Waals surface area contributed by atoms with Gasteiger partial charge in [-0.05, 0) is 25.7 Å². The van der Waals surface area contributed by atoms with E-state index in [-0.39, 0.29) is 31.7 Å². The number of rotatable bonds is 7. The molecule has 0 unspecified atom stereocenters. The van der Waals surface area contributed by atoms with Crippen LogP contribution in [0.4, 0.5) is 0 Å². The maximum absolute atomic E-state index is 12.2. The highest BCUT2D eigenvalue weighted by Gasteiger charge is 2.42. The van der Waals surface area contributed by atoms with Gasteiger partial charge in [0.1, 0.15) is 0 Å². The van der Waals surface area contributed by atoms with Crippen LogP contribution in [0.15, 0.2) is 0 Å². The molecule has 122 valence electrons. The van der Waals surface area contributed by atoms with Gasteiger partial charge in [-0.25, -0.2) is 12.7 Å². The summed E-state index contributed by atoms with van der Waals surface area (Å²) in [6.45, 7) is 2.26. The summed E-state index contributed by atoms with van der Waals surface area (Å²) in [6.07, 6.45) is 1.43. The van der Waals surface area contributed by atoms with Crippen LogP contribution in [0.25, 0.3) is 0 Å². The number of carboxylic acid groups (broad SMARTS) is 1. The zero-order valence-electron chi connectivity index (χ0n) is 12.5. The summed E-state index contributed by atoms with van der Waals surface area (Å²) in [7, 11) is -2.18. The third-order valence-corrected chi connectivity index (χ3v) is 6.17. The van der Waals surface area contributed by atoms with Crippen molar-refractivity contribution in [2.24, 2.45) is 5.41 Å². The molecule has 0 spiro atoms. The molecule has 0 saturated carbocycles. The highest BCUT2D eigenvalue weighted by molar-refractivity contribution is 7.89. The van der Waals surface area contributed by atoms with Gasteiger partial charge in [-0.15, -0.1) is 0 Å². The molecule has 0 bridgehead atoms. The van der Waals surface area contributed by atoms with Crippen LogP contribution >= 0.6 is 0 Å². The topological polar surface area (TPSA) is 101 Å². The molecule has 0 radical (unpaired) electrons. The number of nitrogens with zero attached hydrogens (tertiary/aromatic N) is 1. The summed E-state index contributed by atoms with van der Waals surface area (Å²) in [6, 6.07) is 0. The minimum Gasteiger partial charge on any atom is -0.481 e. The van der Waals surface area contributed by atoms with Crippen molar-refractivity contribution in [1.82, 2.24) is 4.31 Å². The van der Waals surface area contributed by atoms with E-state index in [0.29, 0.717) is 19.3 Å². The van der Waals surface area contributed by atoms with Crippen LogP contribution < -0.4 is 0 Å². The lowest BCUT2D eigenvalue weighted by molar-refractivity contribution is -0.151. The van der Waals surface area contributed by atoms with E-state index in [1.807, 2.05) is 6.92 Å². The Kier molecular flexibility index (Phi) is 6.15. The maximum atomic E-state index is 12.2. The summed E-state index contributed by atoms with van der Waals surface area (Å²) in [4.78, 5) is 22.3. The zero-order chi connectivity index (χ0) is 16.1. The Labute approximate surface area is 125 Å². The van der Waals surface area contributed by atoms with Crippen LogP contribution in [-0.2, 0) is 24.3 Å². The van der Waals surface area contributed by atoms with E-state index in [1.54, 1.807) is 0 Å². The number of ether oxygens (including phenoxy) is 1. The van der Waals surface area contributed by atoms with Crippen LogP contribution in [0.5, 0.6) is 0 Å². The summed E-state index contributed by atoms with van der Waals surface area (Å²) in [5, 5.41) is 9.29. The number of carboxylic acids is 1. The number of sulfonamides is 1. The third kappa shape index (κ3) is 4.41. The molecule has 1 saturated heterocycles. The average molecular weight is 321 g/mol. The van der Waals surface area contributed by atoms with E-state index >= 15 is 0 Å². The fourth-order valence-corrected chi connectivity index (χ4v) is 4.05. The Balaban J connectivity index is 2.56. The van der Waals surface area contributed by atoms with Gasteiger partial charge in [0.05, 0.1) is 18.3 Å². The van der Waals surface area contributed by atoms with Crippen molar-refractivity contribution in [1.29, 1.82) is 0 Å². The largest absolute Gasteiger partial charge is 0.481 e. The molecule has 1 heterocycles. The normalized spacial score (nSPS) is 19.1. The number of esters is 1. The number of hydrogen-bond acceptors (Lipinski definition) is 5. The number of carbonyl (C=O) groups excluding carboxylic acids is 1. The summed E-state index contributed by atoms with van der Waals surface area (Å²) in [5.41, 5.74) is -0.808. The van der Waals surface area contributed by atoms with Gasteiger partial charge in [0.2, 0.25) is 10.0 Å². The predicted octanol–water partition coefficient (Wildman–Crippen LogP) is 0.846. The van der Waals surface area contributed by atoms with E-state index in [1.165, 1.54) is 11.4 Å². The highest BCUT2D eigenvalue weighted by Crippen LogP contribution is 2.36. The van der Waals surface area contributed by atoms with Crippen LogP contribution in [0.2, 0.25) is 0 Å². The zero-order valence-corrected chi connectivity index (χ0v) is 13.3. The maximum Gasteiger partial charge on any atom is 0.309 e. The molecule has 8 heteroatoms. The van der Waals surface area contributed by atoms with Crippen molar-refractivity contribution in [3.63, 3.8) is 0 Å². The number of methoxy groups -OCH3 is 1. The number of carbonyl (C=O) groups is 2. The first kappa shape index (κ1) is 17.9. The lowest BCUT2D eigenvalue weighted by atomic mass is 9.77. The quantitative estimate of drug-likeness (QED) is 0.698. The van der Waals surface area contributed by atoms with Gasteiger partial charge in [-0.2, -0.15) is 0 Å². The molecule has 1 rings (SSSR count). The lowest BCUT2D eigenvalue weighted by Gasteiger charge is -2.37. The molecule has 21 heavy (non-hydrogen) atoms. The molecular formula is C13H23NO6S. The third-order valence-electron chi connectivity index (χ3n) is 4.21. The standard InChI is InChI=1S/C13H23NO6S/c1-3-13(12(16)17)6-8-14(9-7-13)21(18,19)10-4-5-11(15)20-2/h3-10H2,1-2H3,(H,16,17). The molecule has 1 aliphatic rings. The first-order valence-corrected chi connectivity index (χ1v) is 8.66. The Hall–Kier alpha value is -1.15. The van der Waals surface area contributed by atoms with Gasteiger partial charge in [0.15, 0.2) is 0 Å². The second-order valence-corrected chi connectivity index (χ2v) is 7.42. The molecule has 7 nitrogen and oxygen atoms in total. The molecule has 0 aromatic heterocycles. The Morgan fingerprint density at radius 2 is 1.86 bits per heavy atom. The molecule has 0 amide bonds. The Bertz CT molecular complexity index is 479. The fourth-order valence-electron chi connectivity index (χ4n) is 2.54. The molecule has 1 aliphatic heterocycles. The van der Waals surface area contributed by atoms with E-state index in [2.05, 4.69) is 4.74 Å². The fraction of sp³-hybridized carbons (Fsp3) is 0.846. The van der Waals surface area contributed by atoms with Crippen LogP contribution in [0, 0.1) is 5.41 Å². The monoisotopic (exact) mass is 321 g/mol. The molecule has 0 aromatic rings. The van der Waals surface area contributed by atoms with Crippen molar-refractivity contribution in [3.05, 3.63) is 0 Å². The molecule has 0 aromatic carbocycles. The van der Waals surface area contributed by atoms with Gasteiger partial charge in [-0.3, -0.25) is 9.59 Å². The van der Waals surface area contributed by atoms with E-state index in [0.717, 1.165) is 0 Å². The first-order chi connectivity index (χ1) is 9.77. The molecule has 1 N–H and O–H groups in total. The van der Waals surface area contributed by atoms with Crippen LogP contribution in [0.1, 0.15) is 39.0 Å². The van der Waals surface area contributed by atoms with Crippen LogP contribution in [0.3, 0.4) is 0 Å². The Morgan fingerprint density at radius 1 is 1.29 bits per heavy atom. The van der Waals surface area contributed by atoms with Gasteiger partial charge in [0, 0.05) is 19.5 Å². The summed E-state index contributed by atoms with van der Waals surface area (Å²) >= 11 is 0. The van der Waals surface area contributed by atoms with Gasteiger partial charge in [-0.1, -0.05) is 6.92 Å². The molecule has 0 atom stereocenters. The van der Waals surface area contributed by atoms with Gasteiger partial charge in [0.25, 0.3) is 0 Å². The van der Waals surface area contributed by atoms with Gasteiger partial charge < -0.3 is 9.84 Å². The minimum absolute atomic E-state index is 0.0671. The lowest BCUT2D eigenvalue weighted by Crippen LogP contribution is -2.46. The minimum atomic E-state index is -3.44.